The molecule has 1 unspecified atom stereocenters. The first kappa shape index (κ1) is 28.7. The molecule has 1 aromatic heterocycles. The number of hydrogen-bond donors (Lipinski definition) is 1. The van der Waals surface area contributed by atoms with Crippen molar-refractivity contribution >= 4 is 18.0 Å². The van der Waals surface area contributed by atoms with E-state index in [0.29, 0.717) is 12.5 Å². The van der Waals surface area contributed by atoms with Crippen molar-refractivity contribution in [1.29, 1.82) is 0 Å². The molecule has 1 N–H and O–H groups in total. The van der Waals surface area contributed by atoms with Crippen LogP contribution in [-0.4, -0.2) is 41.0 Å². The number of aromatic nitrogens is 1. The van der Waals surface area contributed by atoms with Crippen molar-refractivity contribution in [1.82, 2.24) is 9.88 Å². The number of ether oxygens (including phenoxy) is 3. The zero-order chi connectivity index (χ0) is 27.0. The minimum absolute atomic E-state index is 0.0480. The number of pyridine rings is 1. The van der Waals surface area contributed by atoms with Gasteiger partial charge in [-0.05, 0) is 76.8 Å². The van der Waals surface area contributed by atoms with E-state index < -0.39 is 29.9 Å². The summed E-state index contributed by atoms with van der Waals surface area (Å²) in [7, 11) is 0. The molecule has 1 aromatic rings. The first-order valence-corrected chi connectivity index (χ1v) is 13.7. The van der Waals surface area contributed by atoms with Crippen molar-refractivity contribution < 1.29 is 28.6 Å². The highest BCUT2D eigenvalue weighted by Gasteiger charge is 2.35. The predicted octanol–water partition coefficient (Wildman–Crippen LogP) is 4.66. The van der Waals surface area contributed by atoms with Crippen LogP contribution in [0.5, 0.6) is 0 Å². The summed E-state index contributed by atoms with van der Waals surface area (Å²) in [6.07, 6.45) is 9.64. The molecule has 2 aliphatic rings. The minimum atomic E-state index is -1.46. The highest BCUT2D eigenvalue weighted by atomic mass is 16.8. The monoisotopic (exact) mass is 518 g/mol. The number of rotatable bonds is 8. The number of esters is 1. The van der Waals surface area contributed by atoms with Crippen LogP contribution in [0.4, 0.5) is 4.79 Å². The Morgan fingerprint density at radius 1 is 1.03 bits per heavy atom. The highest BCUT2D eigenvalue weighted by molar-refractivity contribution is 5.97. The summed E-state index contributed by atoms with van der Waals surface area (Å²) >= 11 is 0. The number of hydrogen-bond acceptors (Lipinski definition) is 7. The Morgan fingerprint density at radius 2 is 1.68 bits per heavy atom. The molecule has 3 rings (SSSR count). The van der Waals surface area contributed by atoms with E-state index in [1.807, 2.05) is 4.57 Å². The van der Waals surface area contributed by atoms with Crippen molar-refractivity contribution in [2.45, 2.75) is 117 Å². The van der Waals surface area contributed by atoms with E-state index in [9.17, 15) is 19.2 Å². The lowest BCUT2D eigenvalue weighted by Gasteiger charge is -2.28. The van der Waals surface area contributed by atoms with Gasteiger partial charge in [-0.1, -0.05) is 32.1 Å². The molecule has 0 aromatic carbocycles. The molecule has 1 heterocycles. The van der Waals surface area contributed by atoms with E-state index in [0.717, 1.165) is 62.6 Å². The number of carbonyl (C=O) groups excluding carboxylic acids is 3. The maximum Gasteiger partial charge on any atom is 0.511 e. The molecular weight excluding hydrogens is 476 g/mol. The van der Waals surface area contributed by atoms with Crippen molar-refractivity contribution in [2.24, 2.45) is 5.92 Å². The molecule has 0 saturated heterocycles. The Morgan fingerprint density at radius 3 is 2.35 bits per heavy atom. The van der Waals surface area contributed by atoms with Gasteiger partial charge in [-0.3, -0.25) is 9.59 Å². The quantitative estimate of drug-likeness (QED) is 0.393. The topological polar surface area (TPSA) is 113 Å². The highest BCUT2D eigenvalue weighted by Crippen LogP contribution is 2.27. The summed E-state index contributed by atoms with van der Waals surface area (Å²) in [4.78, 5) is 51.3. The lowest BCUT2D eigenvalue weighted by molar-refractivity contribution is -0.174. The SMILES string of the molecule is CCOC(=O)OC(C)OC(=O)C(C)(C)NC(=O)c1cc2c(n(CC3CCCCC3)c1=O)CCCCCC2. The summed E-state index contributed by atoms with van der Waals surface area (Å²) in [5, 5.41) is 2.66. The van der Waals surface area contributed by atoms with E-state index in [1.165, 1.54) is 40.0 Å². The number of aryl methyl sites for hydroxylation is 1. The average molecular weight is 519 g/mol. The fourth-order valence-corrected chi connectivity index (χ4v) is 5.23. The van der Waals surface area contributed by atoms with Crippen LogP contribution in [0, 0.1) is 5.92 Å². The van der Waals surface area contributed by atoms with Crippen molar-refractivity contribution in [2.75, 3.05) is 6.61 Å². The van der Waals surface area contributed by atoms with Gasteiger partial charge in [-0.2, -0.15) is 0 Å². The summed E-state index contributed by atoms with van der Waals surface area (Å²) in [6, 6.07) is 1.73. The number of carbonyl (C=O) groups is 3. The van der Waals surface area contributed by atoms with Crippen LogP contribution in [0.3, 0.4) is 0 Å². The second-order valence-corrected chi connectivity index (χ2v) is 10.7. The fourth-order valence-electron chi connectivity index (χ4n) is 5.23. The lowest BCUT2D eigenvalue weighted by atomic mass is 9.88. The van der Waals surface area contributed by atoms with E-state index in [2.05, 4.69) is 10.1 Å². The van der Waals surface area contributed by atoms with Gasteiger partial charge in [-0.25, -0.2) is 9.59 Å². The third-order valence-corrected chi connectivity index (χ3v) is 7.24. The summed E-state index contributed by atoms with van der Waals surface area (Å²) in [5.74, 6) is -0.980. The van der Waals surface area contributed by atoms with Crippen LogP contribution < -0.4 is 10.9 Å². The van der Waals surface area contributed by atoms with Gasteiger partial charge in [0.05, 0.1) is 6.61 Å². The molecule has 1 atom stereocenters. The van der Waals surface area contributed by atoms with Gasteiger partial charge in [-0.15, -0.1) is 0 Å². The number of fused-ring (bicyclic) bond motifs is 1. The number of amides is 1. The standard InChI is InChI=1S/C28H42N2O7/c1-5-35-27(34)37-19(2)36-26(33)28(3,4)29-24(31)22-17-21-15-11-6-7-12-16-23(21)30(25(22)32)18-20-13-9-8-10-14-20/h17,19-20H,5-16,18H2,1-4H3,(H,29,31). The third-order valence-electron chi connectivity index (χ3n) is 7.24. The second kappa shape index (κ2) is 13.1. The molecule has 1 fully saturated rings. The Hall–Kier alpha value is -2.84. The summed E-state index contributed by atoms with van der Waals surface area (Å²) in [6.45, 7) is 6.74. The molecule has 206 valence electrons. The zero-order valence-electron chi connectivity index (χ0n) is 22.7. The summed E-state index contributed by atoms with van der Waals surface area (Å²) < 4.78 is 16.6. The van der Waals surface area contributed by atoms with E-state index in [-0.39, 0.29) is 17.7 Å². The third kappa shape index (κ3) is 7.82. The lowest BCUT2D eigenvalue weighted by Crippen LogP contribution is -2.52. The van der Waals surface area contributed by atoms with Crippen LogP contribution in [0.1, 0.15) is 107 Å². The van der Waals surface area contributed by atoms with Gasteiger partial charge in [0.25, 0.3) is 11.5 Å². The van der Waals surface area contributed by atoms with Gasteiger partial charge in [0.15, 0.2) is 0 Å². The molecule has 0 bridgehead atoms. The zero-order valence-corrected chi connectivity index (χ0v) is 22.7. The Kier molecular flexibility index (Phi) is 10.2. The van der Waals surface area contributed by atoms with E-state index >= 15 is 0 Å². The van der Waals surface area contributed by atoms with Crippen LogP contribution in [-0.2, 0) is 38.4 Å². The molecule has 2 aliphatic carbocycles. The molecule has 1 saturated carbocycles. The molecule has 37 heavy (non-hydrogen) atoms. The van der Waals surface area contributed by atoms with Gasteiger partial charge >= 0.3 is 12.1 Å². The molecule has 0 spiro atoms. The second-order valence-electron chi connectivity index (χ2n) is 10.7. The van der Waals surface area contributed by atoms with Gasteiger partial charge in [0, 0.05) is 19.2 Å². The first-order valence-electron chi connectivity index (χ1n) is 13.7. The van der Waals surface area contributed by atoms with Crippen molar-refractivity contribution in [3.63, 3.8) is 0 Å². The van der Waals surface area contributed by atoms with Gasteiger partial charge in [0.1, 0.15) is 11.1 Å². The average Bonchev–Trinajstić information content (AvgIpc) is 2.82. The van der Waals surface area contributed by atoms with Crippen LogP contribution in [0.25, 0.3) is 0 Å². The van der Waals surface area contributed by atoms with Crippen molar-refractivity contribution in [3.8, 4) is 0 Å². The minimum Gasteiger partial charge on any atom is -0.435 e. The maximum absolute atomic E-state index is 13.7. The Bertz CT molecular complexity index is 1020. The van der Waals surface area contributed by atoms with Crippen LogP contribution in [0.15, 0.2) is 10.9 Å². The smallest absolute Gasteiger partial charge is 0.435 e. The fraction of sp³-hybridized carbons (Fsp3) is 0.714. The van der Waals surface area contributed by atoms with E-state index in [4.69, 9.17) is 9.47 Å². The molecule has 9 heteroatoms. The molecule has 0 radical (unpaired) electrons. The first-order chi connectivity index (χ1) is 17.6. The molecule has 9 nitrogen and oxygen atoms in total. The molecular formula is C28H42N2O7. The largest absolute Gasteiger partial charge is 0.511 e. The van der Waals surface area contributed by atoms with Crippen LogP contribution in [0.2, 0.25) is 0 Å². The Labute approximate surface area is 219 Å². The Balaban J connectivity index is 1.82. The number of nitrogens with zero attached hydrogens (tertiary/aromatic N) is 1. The van der Waals surface area contributed by atoms with Gasteiger partial charge in [0.2, 0.25) is 6.29 Å². The molecule has 1 amide bonds. The van der Waals surface area contributed by atoms with Crippen LogP contribution >= 0.6 is 0 Å². The maximum atomic E-state index is 13.7. The molecule has 0 aliphatic heterocycles. The van der Waals surface area contributed by atoms with Gasteiger partial charge < -0.3 is 24.1 Å². The number of nitrogens with one attached hydrogen (secondary N) is 1. The predicted molar refractivity (Wildman–Crippen MR) is 138 cm³/mol. The van der Waals surface area contributed by atoms with E-state index in [1.54, 1.807) is 13.0 Å². The normalized spacial score (nSPS) is 17.5. The summed E-state index contributed by atoms with van der Waals surface area (Å²) in [5.41, 5.74) is 0.402. The van der Waals surface area contributed by atoms with Crippen molar-refractivity contribution in [3.05, 3.63) is 33.2 Å².